The zero-order valence-corrected chi connectivity index (χ0v) is 18.6. The molecule has 0 spiro atoms. The third-order valence-electron chi connectivity index (χ3n) is 4.59. The third-order valence-corrected chi connectivity index (χ3v) is 6.02. The molecule has 6 nitrogen and oxygen atoms in total. The Kier molecular flexibility index (Phi) is 7.47. The second kappa shape index (κ2) is 9.03. The third kappa shape index (κ3) is 7.90. The first-order valence-electron chi connectivity index (χ1n) is 10.1. The Morgan fingerprint density at radius 1 is 0.815 bits per heavy atom. The van der Waals surface area contributed by atoms with Gasteiger partial charge in [-0.3, -0.25) is 9.10 Å². The highest BCUT2D eigenvalue weighted by Crippen LogP contribution is 2.31. The Labute approximate surface area is 168 Å². The van der Waals surface area contributed by atoms with Crippen LogP contribution in [-0.2, 0) is 14.3 Å². The molecule has 156 valence electrons. The molecule has 0 aromatic rings. The van der Waals surface area contributed by atoms with Crippen LogP contribution in [0, 0.1) is 5.92 Å². The highest BCUT2D eigenvalue weighted by Gasteiger charge is 2.32. The number of amides is 1. The molecular weight excluding hydrogens is 364 g/mol. The fraction of sp³-hybridized carbons (Fsp3) is 0.900. The number of piperidine rings is 2. The van der Waals surface area contributed by atoms with E-state index < -0.39 is 11.2 Å². The highest BCUT2D eigenvalue weighted by molar-refractivity contribution is 7.97. The Bertz CT molecular complexity index is 465. The van der Waals surface area contributed by atoms with E-state index in [9.17, 15) is 9.59 Å². The largest absolute Gasteiger partial charge is 0.460 e. The van der Waals surface area contributed by atoms with E-state index in [-0.39, 0.29) is 18.0 Å². The van der Waals surface area contributed by atoms with Crippen molar-refractivity contribution in [2.24, 2.45) is 5.92 Å². The number of hydrogen-bond acceptors (Lipinski definition) is 6. The fourth-order valence-electron chi connectivity index (χ4n) is 3.26. The van der Waals surface area contributed by atoms with E-state index in [1.165, 1.54) is 0 Å². The maximum Gasteiger partial charge on any atom is 0.410 e. The highest BCUT2D eigenvalue weighted by atomic mass is 32.2. The van der Waals surface area contributed by atoms with Crippen LogP contribution in [0.1, 0.15) is 67.2 Å². The molecule has 1 amide bonds. The van der Waals surface area contributed by atoms with Crippen molar-refractivity contribution in [2.45, 2.75) is 83.7 Å². The zero-order valence-electron chi connectivity index (χ0n) is 17.7. The quantitative estimate of drug-likeness (QED) is 0.525. The summed E-state index contributed by atoms with van der Waals surface area (Å²) in [5, 5.41) is 0.529. The van der Waals surface area contributed by atoms with Gasteiger partial charge in [0.2, 0.25) is 0 Å². The SMILES string of the molecule is CC(C)(C)OC(=O)C1CCN(SC2CCN(C(=O)OC(C)(C)C)CC2)CC1. The zero-order chi connectivity index (χ0) is 20.2. The topological polar surface area (TPSA) is 59.1 Å². The van der Waals surface area contributed by atoms with Gasteiger partial charge in [-0.25, -0.2) is 4.79 Å². The molecule has 0 atom stereocenters. The molecule has 0 N–H and O–H groups in total. The molecular formula is C20H36N2O4S. The summed E-state index contributed by atoms with van der Waals surface area (Å²) in [6, 6.07) is 0. The van der Waals surface area contributed by atoms with Crippen molar-refractivity contribution in [1.82, 2.24) is 9.21 Å². The number of nitrogens with zero attached hydrogens (tertiary/aromatic N) is 2. The second-order valence-electron chi connectivity index (χ2n) is 9.51. The Hall–Kier alpha value is -0.950. The van der Waals surface area contributed by atoms with E-state index in [0.717, 1.165) is 51.9 Å². The predicted molar refractivity (Wildman–Crippen MR) is 109 cm³/mol. The number of rotatable bonds is 3. The first-order valence-corrected chi connectivity index (χ1v) is 10.9. The van der Waals surface area contributed by atoms with E-state index in [0.29, 0.717) is 5.25 Å². The van der Waals surface area contributed by atoms with Crippen molar-refractivity contribution in [1.29, 1.82) is 0 Å². The summed E-state index contributed by atoms with van der Waals surface area (Å²) in [6.45, 7) is 14.8. The summed E-state index contributed by atoms with van der Waals surface area (Å²) in [5.41, 5.74) is -0.855. The lowest BCUT2D eigenvalue weighted by atomic mass is 9.98. The monoisotopic (exact) mass is 400 g/mol. The van der Waals surface area contributed by atoms with Gasteiger partial charge in [0.05, 0.1) is 5.92 Å². The van der Waals surface area contributed by atoms with Crippen LogP contribution in [0.25, 0.3) is 0 Å². The molecule has 27 heavy (non-hydrogen) atoms. The van der Waals surface area contributed by atoms with Crippen molar-refractivity contribution in [3.8, 4) is 0 Å². The number of ether oxygens (including phenoxy) is 2. The molecule has 0 aliphatic carbocycles. The Morgan fingerprint density at radius 2 is 1.33 bits per heavy atom. The van der Waals surface area contributed by atoms with Crippen LogP contribution in [-0.4, -0.2) is 63.9 Å². The standard InChI is InChI=1S/C20H36N2O4S/c1-19(2,3)25-17(23)15-7-13-22(14-8-15)27-16-9-11-21(12-10-16)18(24)26-20(4,5)6/h15-16H,7-14H2,1-6H3. The molecule has 2 aliphatic rings. The number of hydrogen-bond donors (Lipinski definition) is 0. The maximum atomic E-state index is 12.2. The lowest BCUT2D eigenvalue weighted by Gasteiger charge is -2.37. The minimum atomic E-state index is -0.443. The summed E-state index contributed by atoms with van der Waals surface area (Å²) in [5.74, 6) is -0.0343. The molecule has 0 bridgehead atoms. The molecule has 0 radical (unpaired) electrons. The number of likely N-dealkylation sites (tertiary alicyclic amines) is 1. The number of carbonyl (C=O) groups excluding carboxylic acids is 2. The van der Waals surface area contributed by atoms with Crippen LogP contribution >= 0.6 is 11.9 Å². The van der Waals surface area contributed by atoms with E-state index in [1.54, 1.807) is 0 Å². The molecule has 2 heterocycles. The van der Waals surface area contributed by atoms with E-state index in [1.807, 2.05) is 58.4 Å². The first-order chi connectivity index (χ1) is 12.4. The minimum Gasteiger partial charge on any atom is -0.460 e. The van der Waals surface area contributed by atoms with Crippen LogP contribution in [0.2, 0.25) is 0 Å². The first kappa shape index (κ1) is 22.3. The van der Waals surface area contributed by atoms with Gasteiger partial charge in [-0.1, -0.05) is 11.9 Å². The number of carbonyl (C=O) groups is 2. The fourth-order valence-corrected chi connectivity index (χ4v) is 4.53. The second-order valence-corrected chi connectivity index (χ2v) is 10.9. The van der Waals surface area contributed by atoms with Crippen molar-refractivity contribution < 1.29 is 19.1 Å². The van der Waals surface area contributed by atoms with Crippen LogP contribution in [0.5, 0.6) is 0 Å². The van der Waals surface area contributed by atoms with Gasteiger partial charge in [0, 0.05) is 31.4 Å². The van der Waals surface area contributed by atoms with Gasteiger partial charge in [-0.2, -0.15) is 0 Å². The lowest BCUT2D eigenvalue weighted by Crippen LogP contribution is -2.43. The molecule has 2 fully saturated rings. The van der Waals surface area contributed by atoms with Gasteiger partial charge in [0.25, 0.3) is 0 Å². The summed E-state index contributed by atoms with van der Waals surface area (Å²) < 4.78 is 13.4. The van der Waals surface area contributed by atoms with Crippen molar-refractivity contribution in [3.63, 3.8) is 0 Å². The van der Waals surface area contributed by atoms with Crippen molar-refractivity contribution in [3.05, 3.63) is 0 Å². The number of esters is 1. The molecule has 2 rings (SSSR count). The van der Waals surface area contributed by atoms with Crippen LogP contribution in [0.3, 0.4) is 0 Å². The van der Waals surface area contributed by atoms with Crippen LogP contribution in [0.15, 0.2) is 0 Å². The Morgan fingerprint density at radius 3 is 1.81 bits per heavy atom. The van der Waals surface area contributed by atoms with Crippen molar-refractivity contribution >= 4 is 24.0 Å². The van der Waals surface area contributed by atoms with E-state index in [4.69, 9.17) is 9.47 Å². The molecule has 2 saturated heterocycles. The molecule has 0 saturated carbocycles. The van der Waals surface area contributed by atoms with E-state index >= 15 is 0 Å². The van der Waals surface area contributed by atoms with Gasteiger partial charge < -0.3 is 14.4 Å². The normalized spacial score (nSPS) is 21.2. The maximum absolute atomic E-state index is 12.2. The molecule has 7 heteroatoms. The minimum absolute atomic E-state index is 0.0232. The average Bonchev–Trinajstić information content (AvgIpc) is 2.53. The molecule has 2 aliphatic heterocycles. The molecule has 0 aromatic carbocycles. The van der Waals surface area contributed by atoms with Gasteiger partial charge in [-0.05, 0) is 67.2 Å². The smallest absolute Gasteiger partial charge is 0.410 e. The van der Waals surface area contributed by atoms with Gasteiger partial charge >= 0.3 is 12.1 Å². The van der Waals surface area contributed by atoms with Crippen molar-refractivity contribution in [2.75, 3.05) is 26.2 Å². The summed E-state index contributed by atoms with van der Waals surface area (Å²) in [7, 11) is 0. The Balaban J connectivity index is 1.69. The summed E-state index contributed by atoms with van der Waals surface area (Å²) in [6.07, 6.45) is 3.48. The molecule has 0 unspecified atom stereocenters. The van der Waals surface area contributed by atoms with Crippen LogP contribution < -0.4 is 0 Å². The molecule has 0 aromatic heterocycles. The summed E-state index contributed by atoms with van der Waals surface area (Å²) in [4.78, 5) is 26.2. The van der Waals surface area contributed by atoms with E-state index in [2.05, 4.69) is 4.31 Å². The van der Waals surface area contributed by atoms with Gasteiger partial charge in [0.1, 0.15) is 11.2 Å². The van der Waals surface area contributed by atoms with Gasteiger partial charge in [0.15, 0.2) is 0 Å². The van der Waals surface area contributed by atoms with Crippen LogP contribution in [0.4, 0.5) is 4.79 Å². The summed E-state index contributed by atoms with van der Waals surface area (Å²) >= 11 is 1.90. The predicted octanol–water partition coefficient (Wildman–Crippen LogP) is 4.09. The van der Waals surface area contributed by atoms with Gasteiger partial charge in [-0.15, -0.1) is 0 Å². The average molecular weight is 401 g/mol. The lowest BCUT2D eigenvalue weighted by molar-refractivity contribution is -0.161.